The number of nitrogens with zero attached hydrogens (tertiary/aromatic N) is 2. The monoisotopic (exact) mass is 144 g/mol. The van der Waals surface area contributed by atoms with Gasteiger partial charge in [0.15, 0.2) is 0 Å². The number of rotatable bonds is 0. The van der Waals surface area contributed by atoms with Crippen molar-refractivity contribution in [3.05, 3.63) is 30.1 Å². The van der Waals surface area contributed by atoms with Crippen molar-refractivity contribution in [1.29, 1.82) is 0 Å². The van der Waals surface area contributed by atoms with E-state index in [1.807, 2.05) is 13.0 Å². The highest BCUT2D eigenvalue weighted by molar-refractivity contribution is 6.15. The van der Waals surface area contributed by atoms with Gasteiger partial charge in [0.25, 0.3) is 0 Å². The van der Waals surface area contributed by atoms with Crippen LogP contribution in [0.2, 0.25) is 0 Å². The lowest BCUT2D eigenvalue weighted by Gasteiger charge is -2.00. The van der Waals surface area contributed by atoms with Crippen LogP contribution >= 0.6 is 0 Å². The lowest BCUT2D eigenvalue weighted by atomic mass is 10.1. The Morgan fingerprint density at radius 1 is 1.45 bits per heavy atom. The quantitative estimate of drug-likeness (QED) is 0.547. The first-order valence-corrected chi connectivity index (χ1v) is 3.48. The fourth-order valence-electron chi connectivity index (χ4n) is 1.27. The van der Waals surface area contributed by atoms with Gasteiger partial charge in [0, 0.05) is 23.7 Å². The summed E-state index contributed by atoms with van der Waals surface area (Å²) in [6.07, 6.45) is 3.55. The number of hydrogen-bond donors (Lipinski definition) is 0. The molecule has 0 fully saturated rings. The summed E-state index contributed by atoms with van der Waals surface area (Å²) >= 11 is 0. The first kappa shape index (κ1) is 6.28. The number of aryl methyl sites for hydroxylation is 1. The highest BCUT2D eigenvalue weighted by atomic mass is 14.8. The molecular formula is C9H8N2. The van der Waals surface area contributed by atoms with E-state index >= 15 is 0 Å². The Hall–Kier alpha value is -1.44. The minimum absolute atomic E-state index is 0.964. The fourth-order valence-corrected chi connectivity index (χ4v) is 1.27. The van der Waals surface area contributed by atoms with Crippen LogP contribution in [-0.4, -0.2) is 11.2 Å². The van der Waals surface area contributed by atoms with Crippen molar-refractivity contribution >= 4 is 17.5 Å². The van der Waals surface area contributed by atoms with E-state index in [0.717, 1.165) is 22.5 Å². The maximum absolute atomic E-state index is 4.18. The van der Waals surface area contributed by atoms with Gasteiger partial charge in [0.2, 0.25) is 0 Å². The Balaban J connectivity index is 2.74. The Bertz CT molecular complexity index is 351. The van der Waals surface area contributed by atoms with Crippen LogP contribution in [0.4, 0.5) is 5.69 Å². The zero-order valence-corrected chi connectivity index (χ0v) is 6.33. The Labute approximate surface area is 65.3 Å². The Kier molecular flexibility index (Phi) is 1.15. The molecule has 0 aliphatic carbocycles. The van der Waals surface area contributed by atoms with Gasteiger partial charge >= 0.3 is 0 Å². The average Bonchev–Trinajstić information content (AvgIpc) is 2.34. The first-order chi connectivity index (χ1) is 5.29. The predicted octanol–water partition coefficient (Wildman–Crippen LogP) is 2.12. The maximum Gasteiger partial charge on any atom is 0.0742 e. The van der Waals surface area contributed by atoms with Gasteiger partial charge in [0.05, 0.1) is 5.69 Å². The summed E-state index contributed by atoms with van der Waals surface area (Å²) in [5, 5.41) is 0. The van der Waals surface area contributed by atoms with Gasteiger partial charge in [-0.25, -0.2) is 0 Å². The third-order valence-electron chi connectivity index (χ3n) is 1.80. The van der Waals surface area contributed by atoms with Crippen LogP contribution in [0.1, 0.15) is 11.3 Å². The molecule has 1 aliphatic rings. The lowest BCUT2D eigenvalue weighted by Crippen LogP contribution is -1.86. The van der Waals surface area contributed by atoms with Crippen LogP contribution in [0, 0.1) is 6.92 Å². The van der Waals surface area contributed by atoms with E-state index in [0.29, 0.717) is 0 Å². The molecule has 2 nitrogen and oxygen atoms in total. The minimum Gasteiger partial charge on any atom is -0.261 e. The fraction of sp³-hybridized carbons (Fsp3) is 0.111. The molecular weight excluding hydrogens is 136 g/mol. The highest BCUT2D eigenvalue weighted by Gasteiger charge is 2.12. The molecule has 1 aromatic rings. The van der Waals surface area contributed by atoms with Crippen LogP contribution < -0.4 is 0 Å². The smallest absolute Gasteiger partial charge is 0.0742 e. The molecule has 1 aliphatic heterocycles. The third kappa shape index (κ3) is 0.792. The Morgan fingerprint density at radius 2 is 2.27 bits per heavy atom. The molecule has 54 valence electrons. The van der Waals surface area contributed by atoms with Gasteiger partial charge in [-0.05, 0) is 18.6 Å². The molecule has 2 heteroatoms. The molecule has 0 saturated heterocycles. The molecule has 0 N–H and O–H groups in total. The summed E-state index contributed by atoms with van der Waals surface area (Å²) in [6.45, 7) is 5.84. The molecule has 0 radical (unpaired) electrons. The molecule has 2 heterocycles. The van der Waals surface area contributed by atoms with E-state index in [2.05, 4.69) is 16.6 Å². The zero-order valence-electron chi connectivity index (χ0n) is 6.33. The van der Waals surface area contributed by atoms with Crippen molar-refractivity contribution in [3.63, 3.8) is 0 Å². The summed E-state index contributed by atoms with van der Waals surface area (Å²) < 4.78 is 0. The van der Waals surface area contributed by atoms with Crippen LogP contribution in [-0.2, 0) is 0 Å². The number of allylic oxidation sites excluding steroid dienone is 1. The van der Waals surface area contributed by atoms with Crippen LogP contribution in [0.25, 0.3) is 5.57 Å². The highest BCUT2D eigenvalue weighted by Crippen LogP contribution is 2.31. The van der Waals surface area contributed by atoms with Gasteiger partial charge in [-0.2, -0.15) is 0 Å². The largest absolute Gasteiger partial charge is 0.261 e. The maximum atomic E-state index is 4.18. The summed E-state index contributed by atoms with van der Waals surface area (Å²) in [4.78, 5) is 8.34. The van der Waals surface area contributed by atoms with Crippen molar-refractivity contribution < 1.29 is 0 Å². The van der Waals surface area contributed by atoms with Gasteiger partial charge < -0.3 is 0 Å². The number of pyridine rings is 1. The lowest BCUT2D eigenvalue weighted by molar-refractivity contribution is 1.19. The predicted molar refractivity (Wildman–Crippen MR) is 46.2 cm³/mol. The average molecular weight is 144 g/mol. The topological polar surface area (TPSA) is 25.2 Å². The van der Waals surface area contributed by atoms with Gasteiger partial charge in [0.1, 0.15) is 0 Å². The first-order valence-electron chi connectivity index (χ1n) is 3.48. The second-order valence-corrected chi connectivity index (χ2v) is 2.57. The van der Waals surface area contributed by atoms with Crippen molar-refractivity contribution in [3.8, 4) is 0 Å². The van der Waals surface area contributed by atoms with E-state index in [1.165, 1.54) is 0 Å². The van der Waals surface area contributed by atoms with E-state index in [-0.39, 0.29) is 0 Å². The molecule has 11 heavy (non-hydrogen) atoms. The molecule has 2 rings (SSSR count). The molecule has 0 atom stereocenters. The SMILES string of the molecule is C=C1C=Nc2ccnc(C)c21. The number of aliphatic imine (C=N–C) groups is 1. The van der Waals surface area contributed by atoms with Gasteiger partial charge in [-0.1, -0.05) is 6.58 Å². The van der Waals surface area contributed by atoms with Gasteiger partial charge in [-0.3, -0.25) is 9.98 Å². The third-order valence-corrected chi connectivity index (χ3v) is 1.80. The summed E-state index contributed by atoms with van der Waals surface area (Å²) in [5.41, 5.74) is 4.05. The normalized spacial score (nSPS) is 13.7. The van der Waals surface area contributed by atoms with Crippen molar-refractivity contribution in [2.75, 3.05) is 0 Å². The minimum atomic E-state index is 0.964. The van der Waals surface area contributed by atoms with E-state index in [1.54, 1.807) is 12.4 Å². The standard InChI is InChI=1S/C9H8N2/c1-6-5-11-8-3-4-10-7(2)9(6)8/h3-5H,1H2,2H3. The second kappa shape index (κ2) is 2.02. The zero-order chi connectivity index (χ0) is 7.84. The van der Waals surface area contributed by atoms with Crippen LogP contribution in [0.15, 0.2) is 23.8 Å². The summed E-state index contributed by atoms with van der Waals surface area (Å²) in [6, 6.07) is 1.90. The van der Waals surface area contributed by atoms with Crippen LogP contribution in [0.5, 0.6) is 0 Å². The molecule has 0 bridgehead atoms. The number of aromatic nitrogens is 1. The van der Waals surface area contributed by atoms with Crippen molar-refractivity contribution in [1.82, 2.24) is 4.98 Å². The summed E-state index contributed by atoms with van der Waals surface area (Å²) in [7, 11) is 0. The number of hydrogen-bond acceptors (Lipinski definition) is 2. The van der Waals surface area contributed by atoms with Crippen LogP contribution in [0.3, 0.4) is 0 Å². The molecule has 1 aromatic heterocycles. The van der Waals surface area contributed by atoms with E-state index in [4.69, 9.17) is 0 Å². The molecule has 0 saturated carbocycles. The van der Waals surface area contributed by atoms with E-state index < -0.39 is 0 Å². The molecule has 0 amide bonds. The molecule has 0 spiro atoms. The Morgan fingerprint density at radius 3 is 3.00 bits per heavy atom. The van der Waals surface area contributed by atoms with E-state index in [9.17, 15) is 0 Å². The van der Waals surface area contributed by atoms with Crippen molar-refractivity contribution in [2.24, 2.45) is 4.99 Å². The summed E-state index contributed by atoms with van der Waals surface area (Å²) in [5.74, 6) is 0. The number of fused-ring (bicyclic) bond motifs is 1. The second-order valence-electron chi connectivity index (χ2n) is 2.57. The molecule has 0 unspecified atom stereocenters. The molecule has 0 aromatic carbocycles. The van der Waals surface area contributed by atoms with Crippen molar-refractivity contribution in [2.45, 2.75) is 6.92 Å². The van der Waals surface area contributed by atoms with Gasteiger partial charge in [-0.15, -0.1) is 0 Å².